The molecule has 1 aromatic carbocycles. The minimum Gasteiger partial charge on any atom is -0.487 e. The van der Waals surface area contributed by atoms with Crippen molar-refractivity contribution in [3.8, 4) is 5.75 Å². The first-order valence-electron chi connectivity index (χ1n) is 10.5. The summed E-state index contributed by atoms with van der Waals surface area (Å²) < 4.78 is 16.9. The van der Waals surface area contributed by atoms with Crippen LogP contribution in [0.5, 0.6) is 5.75 Å². The summed E-state index contributed by atoms with van der Waals surface area (Å²) in [4.78, 5) is 8.56. The first-order chi connectivity index (χ1) is 14.8. The smallest absolute Gasteiger partial charge is 0.191 e. The minimum absolute atomic E-state index is 0. The van der Waals surface area contributed by atoms with Gasteiger partial charge in [-0.05, 0) is 42.7 Å². The lowest BCUT2D eigenvalue weighted by Gasteiger charge is -2.13. The summed E-state index contributed by atoms with van der Waals surface area (Å²) in [5, 5.41) is 6.66. The van der Waals surface area contributed by atoms with Crippen LogP contribution in [0.15, 0.2) is 53.7 Å². The highest BCUT2D eigenvalue weighted by Crippen LogP contribution is 2.15. The highest BCUT2D eigenvalue weighted by Gasteiger charge is 2.15. The van der Waals surface area contributed by atoms with Gasteiger partial charge >= 0.3 is 0 Å². The predicted octanol–water partition coefficient (Wildman–Crippen LogP) is 3.39. The molecule has 1 atom stereocenters. The van der Waals surface area contributed by atoms with Crippen LogP contribution < -0.4 is 15.4 Å². The van der Waals surface area contributed by atoms with Crippen molar-refractivity contribution in [3.63, 3.8) is 0 Å². The van der Waals surface area contributed by atoms with Gasteiger partial charge < -0.3 is 24.8 Å². The standard InChI is InChI=1S/C23H32N4O3.HI/c1-24-23(26-11-5-12-28-16-20-9-13-29-17-20)27-15-19-6-4-8-22(14-19)30-18-21-7-2-3-10-25-21;/h2-4,6-8,10,14,20H,5,9,11-13,15-18H2,1H3,(H2,24,26,27);1H. The van der Waals surface area contributed by atoms with Gasteiger partial charge in [0.25, 0.3) is 0 Å². The van der Waals surface area contributed by atoms with E-state index in [1.165, 1.54) is 0 Å². The molecule has 7 nitrogen and oxygen atoms in total. The molecule has 31 heavy (non-hydrogen) atoms. The zero-order chi connectivity index (χ0) is 20.9. The van der Waals surface area contributed by atoms with Crippen LogP contribution in [-0.2, 0) is 22.6 Å². The number of nitrogens with zero attached hydrogens (tertiary/aromatic N) is 2. The summed E-state index contributed by atoms with van der Waals surface area (Å²) in [5.74, 6) is 2.17. The van der Waals surface area contributed by atoms with Crippen LogP contribution in [0.4, 0.5) is 0 Å². The van der Waals surface area contributed by atoms with E-state index in [1.807, 2.05) is 36.4 Å². The Kier molecular flexibility index (Phi) is 12.3. The fourth-order valence-corrected chi connectivity index (χ4v) is 3.14. The van der Waals surface area contributed by atoms with Crippen LogP contribution in [-0.4, -0.2) is 51.0 Å². The Balaban J connectivity index is 0.00000341. The van der Waals surface area contributed by atoms with E-state index in [1.54, 1.807) is 13.2 Å². The van der Waals surface area contributed by atoms with Crippen molar-refractivity contribution in [2.75, 3.05) is 40.0 Å². The molecule has 0 saturated carbocycles. The maximum atomic E-state index is 5.85. The maximum absolute atomic E-state index is 5.85. The van der Waals surface area contributed by atoms with Crippen molar-refractivity contribution < 1.29 is 14.2 Å². The SMILES string of the molecule is CN=C(NCCCOCC1CCOC1)NCc1cccc(OCc2ccccn2)c1.I. The summed E-state index contributed by atoms with van der Waals surface area (Å²) in [6.45, 7) is 5.19. The average molecular weight is 540 g/mol. The molecule has 0 radical (unpaired) electrons. The molecule has 1 fully saturated rings. The van der Waals surface area contributed by atoms with Crippen molar-refractivity contribution in [2.45, 2.75) is 26.0 Å². The Labute approximate surface area is 202 Å². The number of halogens is 1. The zero-order valence-corrected chi connectivity index (χ0v) is 20.4. The van der Waals surface area contributed by atoms with E-state index in [0.717, 1.165) is 68.8 Å². The number of ether oxygens (including phenoxy) is 3. The summed E-state index contributed by atoms with van der Waals surface area (Å²) in [7, 11) is 1.78. The number of nitrogens with one attached hydrogen (secondary N) is 2. The average Bonchev–Trinajstić information content (AvgIpc) is 3.31. The van der Waals surface area contributed by atoms with E-state index < -0.39 is 0 Å². The largest absolute Gasteiger partial charge is 0.487 e. The monoisotopic (exact) mass is 540 g/mol. The molecule has 2 heterocycles. The first kappa shape index (κ1) is 25.4. The first-order valence-corrected chi connectivity index (χ1v) is 10.5. The van der Waals surface area contributed by atoms with E-state index in [-0.39, 0.29) is 24.0 Å². The van der Waals surface area contributed by atoms with Gasteiger partial charge in [0.2, 0.25) is 0 Å². The molecule has 2 N–H and O–H groups in total. The molecule has 2 aromatic rings. The Morgan fingerprint density at radius 1 is 1.23 bits per heavy atom. The lowest BCUT2D eigenvalue weighted by Crippen LogP contribution is -2.37. The van der Waals surface area contributed by atoms with E-state index in [9.17, 15) is 0 Å². The molecule has 8 heteroatoms. The number of hydrogen-bond donors (Lipinski definition) is 2. The molecule has 0 bridgehead atoms. The van der Waals surface area contributed by atoms with Crippen molar-refractivity contribution in [1.82, 2.24) is 15.6 Å². The van der Waals surface area contributed by atoms with Crippen LogP contribution in [0.2, 0.25) is 0 Å². The Morgan fingerprint density at radius 3 is 2.94 bits per heavy atom. The van der Waals surface area contributed by atoms with Gasteiger partial charge in [0.1, 0.15) is 12.4 Å². The molecule has 1 aromatic heterocycles. The van der Waals surface area contributed by atoms with Crippen molar-refractivity contribution in [3.05, 3.63) is 59.9 Å². The number of rotatable bonds is 11. The second-order valence-electron chi connectivity index (χ2n) is 7.27. The number of aliphatic imine (C=N–C) groups is 1. The Morgan fingerprint density at radius 2 is 2.16 bits per heavy atom. The molecule has 0 spiro atoms. The third-order valence-corrected chi connectivity index (χ3v) is 4.83. The molecule has 1 unspecified atom stereocenters. The van der Waals surface area contributed by atoms with Crippen molar-refractivity contribution in [1.29, 1.82) is 0 Å². The van der Waals surface area contributed by atoms with Gasteiger partial charge in [-0.15, -0.1) is 24.0 Å². The topological polar surface area (TPSA) is 77.0 Å². The number of guanidine groups is 1. The maximum Gasteiger partial charge on any atom is 0.191 e. The van der Waals surface area contributed by atoms with Crippen LogP contribution in [0.3, 0.4) is 0 Å². The van der Waals surface area contributed by atoms with Gasteiger partial charge in [0, 0.05) is 45.5 Å². The van der Waals surface area contributed by atoms with Crippen molar-refractivity contribution >= 4 is 29.9 Å². The van der Waals surface area contributed by atoms with Gasteiger partial charge in [-0.1, -0.05) is 18.2 Å². The molecular formula is C23H33IN4O3. The molecule has 170 valence electrons. The van der Waals surface area contributed by atoms with Crippen LogP contribution in [0, 0.1) is 5.92 Å². The lowest BCUT2D eigenvalue weighted by atomic mass is 10.1. The van der Waals surface area contributed by atoms with Gasteiger partial charge in [-0.2, -0.15) is 0 Å². The Hall–Kier alpha value is -1.91. The van der Waals surface area contributed by atoms with Gasteiger partial charge in [-0.25, -0.2) is 0 Å². The normalized spacial score (nSPS) is 15.9. The fraction of sp³-hybridized carbons (Fsp3) is 0.478. The highest BCUT2D eigenvalue weighted by molar-refractivity contribution is 14.0. The van der Waals surface area contributed by atoms with Gasteiger partial charge in [0.15, 0.2) is 5.96 Å². The number of aromatic nitrogens is 1. The van der Waals surface area contributed by atoms with Gasteiger partial charge in [-0.3, -0.25) is 9.98 Å². The molecule has 3 rings (SSSR count). The molecule has 1 aliphatic heterocycles. The number of benzene rings is 1. The highest BCUT2D eigenvalue weighted by atomic mass is 127. The summed E-state index contributed by atoms with van der Waals surface area (Å²) >= 11 is 0. The van der Waals surface area contributed by atoms with Crippen LogP contribution in [0.25, 0.3) is 0 Å². The minimum atomic E-state index is 0. The molecule has 1 aliphatic rings. The zero-order valence-electron chi connectivity index (χ0n) is 18.1. The third kappa shape index (κ3) is 9.84. The predicted molar refractivity (Wildman–Crippen MR) is 133 cm³/mol. The fourth-order valence-electron chi connectivity index (χ4n) is 3.14. The van der Waals surface area contributed by atoms with E-state index >= 15 is 0 Å². The molecule has 0 amide bonds. The third-order valence-electron chi connectivity index (χ3n) is 4.83. The second kappa shape index (κ2) is 15.0. The van der Waals surface area contributed by atoms with Crippen LogP contribution >= 0.6 is 24.0 Å². The number of hydrogen-bond acceptors (Lipinski definition) is 5. The molecular weight excluding hydrogens is 507 g/mol. The summed E-state index contributed by atoms with van der Waals surface area (Å²) in [6.07, 6.45) is 3.82. The van der Waals surface area contributed by atoms with Crippen LogP contribution in [0.1, 0.15) is 24.1 Å². The van der Waals surface area contributed by atoms with E-state index in [0.29, 0.717) is 19.1 Å². The summed E-state index contributed by atoms with van der Waals surface area (Å²) in [6, 6.07) is 13.9. The van der Waals surface area contributed by atoms with E-state index in [4.69, 9.17) is 14.2 Å². The number of pyridine rings is 1. The Bertz CT molecular complexity index is 770. The van der Waals surface area contributed by atoms with E-state index in [2.05, 4.69) is 26.7 Å². The molecule has 1 saturated heterocycles. The van der Waals surface area contributed by atoms with Crippen molar-refractivity contribution in [2.24, 2.45) is 10.9 Å². The quantitative estimate of drug-likeness (QED) is 0.197. The second-order valence-corrected chi connectivity index (χ2v) is 7.27. The van der Waals surface area contributed by atoms with Gasteiger partial charge in [0.05, 0.1) is 18.9 Å². The summed E-state index contributed by atoms with van der Waals surface area (Å²) in [5.41, 5.74) is 2.03. The lowest BCUT2D eigenvalue weighted by molar-refractivity contribution is 0.0888. The molecule has 0 aliphatic carbocycles.